The number of aromatic nitrogens is 2. The van der Waals surface area contributed by atoms with Crippen LogP contribution < -0.4 is 10.6 Å². The van der Waals surface area contributed by atoms with E-state index in [1.165, 1.54) is 0 Å². The van der Waals surface area contributed by atoms with Crippen LogP contribution in [0.15, 0.2) is 54.6 Å². The molecule has 0 aliphatic heterocycles. The number of benzene rings is 2. The molecular formula is C22H24N4O. The van der Waals surface area contributed by atoms with Crippen molar-refractivity contribution >= 4 is 17.5 Å². The Labute approximate surface area is 159 Å². The van der Waals surface area contributed by atoms with Crippen LogP contribution in [0, 0.1) is 20.8 Å². The standard InChI is InChI=1S/C22H24N4O/c1-14-9-8-10-15(2)20(14)26-21(27)19-13-16(3)23-22(25-19)24-17(4)18-11-6-5-7-12-18/h5-13,17H,1-4H3,(H,26,27)(H,23,24,25). The number of carbonyl (C=O) groups excluding carboxylic acids is 1. The van der Waals surface area contributed by atoms with Gasteiger partial charge in [-0.2, -0.15) is 0 Å². The van der Waals surface area contributed by atoms with Crippen LogP contribution in [0.25, 0.3) is 0 Å². The first-order valence-electron chi connectivity index (χ1n) is 8.99. The maximum atomic E-state index is 12.7. The number of aryl methyl sites for hydroxylation is 3. The summed E-state index contributed by atoms with van der Waals surface area (Å²) < 4.78 is 0. The lowest BCUT2D eigenvalue weighted by Gasteiger charge is -2.16. The lowest BCUT2D eigenvalue weighted by molar-refractivity contribution is 0.102. The minimum absolute atomic E-state index is 0.0301. The molecule has 0 saturated carbocycles. The number of para-hydroxylation sites is 1. The Morgan fingerprint density at radius 3 is 2.26 bits per heavy atom. The summed E-state index contributed by atoms with van der Waals surface area (Å²) in [5.41, 5.74) is 5.07. The minimum atomic E-state index is -0.242. The van der Waals surface area contributed by atoms with Gasteiger partial charge < -0.3 is 10.6 Å². The number of nitrogens with zero attached hydrogens (tertiary/aromatic N) is 2. The average Bonchev–Trinajstić information content (AvgIpc) is 2.65. The second-order valence-electron chi connectivity index (χ2n) is 6.72. The zero-order valence-corrected chi connectivity index (χ0v) is 16.1. The lowest BCUT2D eigenvalue weighted by Crippen LogP contribution is -2.18. The molecule has 1 unspecified atom stereocenters. The van der Waals surface area contributed by atoms with Gasteiger partial charge in [0.2, 0.25) is 5.95 Å². The Balaban J connectivity index is 1.81. The van der Waals surface area contributed by atoms with Crippen molar-refractivity contribution in [2.24, 2.45) is 0 Å². The highest BCUT2D eigenvalue weighted by Gasteiger charge is 2.14. The van der Waals surface area contributed by atoms with Crippen molar-refractivity contribution in [1.82, 2.24) is 9.97 Å². The van der Waals surface area contributed by atoms with E-state index in [2.05, 4.69) is 20.6 Å². The van der Waals surface area contributed by atoms with Crippen molar-refractivity contribution in [2.45, 2.75) is 33.7 Å². The van der Waals surface area contributed by atoms with E-state index in [0.717, 1.165) is 28.1 Å². The molecule has 138 valence electrons. The van der Waals surface area contributed by atoms with E-state index >= 15 is 0 Å². The SMILES string of the molecule is Cc1cc(C(=O)Nc2c(C)cccc2C)nc(NC(C)c2ccccc2)n1. The summed E-state index contributed by atoms with van der Waals surface area (Å²) in [7, 11) is 0. The average molecular weight is 360 g/mol. The number of hydrogen-bond donors (Lipinski definition) is 2. The van der Waals surface area contributed by atoms with E-state index < -0.39 is 0 Å². The smallest absolute Gasteiger partial charge is 0.274 e. The summed E-state index contributed by atoms with van der Waals surface area (Å²) in [5, 5.41) is 6.26. The van der Waals surface area contributed by atoms with Crippen LogP contribution in [-0.4, -0.2) is 15.9 Å². The van der Waals surface area contributed by atoms with E-state index in [1.807, 2.05) is 76.2 Å². The summed E-state index contributed by atoms with van der Waals surface area (Å²) in [5.74, 6) is 0.200. The Morgan fingerprint density at radius 2 is 1.59 bits per heavy atom. The number of hydrogen-bond acceptors (Lipinski definition) is 4. The molecule has 0 aliphatic rings. The van der Waals surface area contributed by atoms with Crippen molar-refractivity contribution in [3.05, 3.63) is 82.7 Å². The molecule has 3 aromatic rings. The predicted octanol–water partition coefficient (Wildman–Crippen LogP) is 4.83. The number of amides is 1. The summed E-state index contributed by atoms with van der Waals surface area (Å²) in [6, 6.07) is 17.7. The number of anilines is 2. The molecule has 2 aromatic carbocycles. The molecule has 3 rings (SSSR count). The van der Waals surface area contributed by atoms with Crippen molar-refractivity contribution in [3.8, 4) is 0 Å². The summed E-state index contributed by atoms with van der Waals surface area (Å²) in [4.78, 5) is 21.6. The van der Waals surface area contributed by atoms with Gasteiger partial charge >= 0.3 is 0 Å². The van der Waals surface area contributed by atoms with Crippen molar-refractivity contribution in [3.63, 3.8) is 0 Å². The molecule has 0 aliphatic carbocycles. The maximum Gasteiger partial charge on any atom is 0.274 e. The normalized spacial score (nSPS) is 11.7. The first-order chi connectivity index (χ1) is 12.9. The highest BCUT2D eigenvalue weighted by atomic mass is 16.1. The van der Waals surface area contributed by atoms with E-state index in [4.69, 9.17) is 0 Å². The molecule has 1 amide bonds. The van der Waals surface area contributed by atoms with Gasteiger partial charge in [0.1, 0.15) is 5.69 Å². The number of carbonyl (C=O) groups is 1. The fourth-order valence-electron chi connectivity index (χ4n) is 2.96. The van der Waals surface area contributed by atoms with Crippen LogP contribution in [0.3, 0.4) is 0 Å². The third-order valence-corrected chi connectivity index (χ3v) is 4.45. The van der Waals surface area contributed by atoms with Crippen LogP contribution >= 0.6 is 0 Å². The van der Waals surface area contributed by atoms with Gasteiger partial charge in [-0.25, -0.2) is 9.97 Å². The third-order valence-electron chi connectivity index (χ3n) is 4.45. The highest BCUT2D eigenvalue weighted by Crippen LogP contribution is 2.21. The number of nitrogens with one attached hydrogen (secondary N) is 2. The zero-order valence-electron chi connectivity index (χ0n) is 16.1. The topological polar surface area (TPSA) is 66.9 Å². The van der Waals surface area contributed by atoms with Crippen molar-refractivity contribution < 1.29 is 4.79 Å². The predicted molar refractivity (Wildman–Crippen MR) is 109 cm³/mol. The summed E-state index contributed by atoms with van der Waals surface area (Å²) >= 11 is 0. The molecule has 1 heterocycles. The van der Waals surface area contributed by atoms with Gasteiger partial charge in [0.25, 0.3) is 5.91 Å². The molecular weight excluding hydrogens is 336 g/mol. The van der Waals surface area contributed by atoms with E-state index in [0.29, 0.717) is 11.6 Å². The van der Waals surface area contributed by atoms with Gasteiger partial charge in [-0.1, -0.05) is 48.5 Å². The molecule has 27 heavy (non-hydrogen) atoms. The van der Waals surface area contributed by atoms with E-state index in [1.54, 1.807) is 6.07 Å². The van der Waals surface area contributed by atoms with E-state index in [9.17, 15) is 4.79 Å². The van der Waals surface area contributed by atoms with Gasteiger partial charge in [0.15, 0.2) is 0 Å². The Hall–Kier alpha value is -3.21. The third kappa shape index (κ3) is 4.50. The van der Waals surface area contributed by atoms with Gasteiger partial charge in [-0.15, -0.1) is 0 Å². The minimum Gasteiger partial charge on any atom is -0.348 e. The molecule has 0 fully saturated rings. The fraction of sp³-hybridized carbons (Fsp3) is 0.227. The largest absolute Gasteiger partial charge is 0.348 e. The van der Waals surface area contributed by atoms with Crippen LogP contribution in [0.2, 0.25) is 0 Å². The molecule has 2 N–H and O–H groups in total. The lowest BCUT2D eigenvalue weighted by atomic mass is 10.1. The monoisotopic (exact) mass is 360 g/mol. The summed E-state index contributed by atoms with van der Waals surface area (Å²) in [6.07, 6.45) is 0. The Bertz CT molecular complexity index is 934. The fourth-order valence-corrected chi connectivity index (χ4v) is 2.96. The van der Waals surface area contributed by atoms with Crippen LogP contribution in [0.4, 0.5) is 11.6 Å². The van der Waals surface area contributed by atoms with Crippen LogP contribution in [0.5, 0.6) is 0 Å². The molecule has 0 spiro atoms. The quantitative estimate of drug-likeness (QED) is 0.684. The molecule has 5 nitrogen and oxygen atoms in total. The molecule has 1 aromatic heterocycles. The molecule has 0 bridgehead atoms. The second kappa shape index (κ2) is 7.99. The van der Waals surface area contributed by atoms with E-state index in [-0.39, 0.29) is 11.9 Å². The highest BCUT2D eigenvalue weighted by molar-refractivity contribution is 6.03. The first kappa shape index (κ1) is 18.6. The maximum absolute atomic E-state index is 12.7. The Morgan fingerprint density at radius 1 is 0.926 bits per heavy atom. The van der Waals surface area contributed by atoms with Crippen molar-refractivity contribution in [2.75, 3.05) is 10.6 Å². The molecule has 1 atom stereocenters. The van der Waals surface area contributed by atoms with Gasteiger partial charge in [0.05, 0.1) is 6.04 Å². The summed E-state index contributed by atoms with van der Waals surface area (Å²) in [6.45, 7) is 7.85. The van der Waals surface area contributed by atoms with Gasteiger partial charge in [-0.05, 0) is 50.5 Å². The van der Waals surface area contributed by atoms with Gasteiger partial charge in [0, 0.05) is 11.4 Å². The second-order valence-corrected chi connectivity index (χ2v) is 6.72. The Kier molecular flexibility index (Phi) is 5.50. The van der Waals surface area contributed by atoms with Crippen LogP contribution in [0.1, 0.15) is 45.8 Å². The zero-order chi connectivity index (χ0) is 19.4. The van der Waals surface area contributed by atoms with Gasteiger partial charge in [-0.3, -0.25) is 4.79 Å². The molecule has 0 saturated heterocycles. The first-order valence-corrected chi connectivity index (χ1v) is 8.99. The number of rotatable bonds is 5. The van der Waals surface area contributed by atoms with Crippen LogP contribution in [-0.2, 0) is 0 Å². The van der Waals surface area contributed by atoms with Crippen molar-refractivity contribution in [1.29, 1.82) is 0 Å². The molecule has 0 radical (unpaired) electrons. The molecule has 5 heteroatoms.